The Hall–Kier alpha value is -4.74. The molecule has 0 aliphatic carbocycles. The first-order valence-corrected chi connectivity index (χ1v) is 13.2. The van der Waals surface area contributed by atoms with E-state index < -0.39 is 5.60 Å². The SMILES string of the molecule is CN(C)C=C(C(=O)c1cc(Cl)cc(OC(c2ccccc2)(c2ccccc2)c2ccccc2)c1)c1ccncn1. The van der Waals surface area contributed by atoms with Crippen LogP contribution in [0.3, 0.4) is 0 Å². The molecule has 1 heterocycles. The van der Waals surface area contributed by atoms with Gasteiger partial charge in [0.15, 0.2) is 11.4 Å². The molecule has 0 saturated heterocycles. The third-order valence-electron chi connectivity index (χ3n) is 6.44. The first-order chi connectivity index (χ1) is 19.5. The monoisotopic (exact) mass is 545 g/mol. The molecule has 40 heavy (non-hydrogen) atoms. The van der Waals surface area contributed by atoms with Crippen LogP contribution >= 0.6 is 11.6 Å². The number of allylic oxidation sites excluding steroid dienone is 1. The Labute approximate surface area is 239 Å². The van der Waals surface area contributed by atoms with E-state index in [1.807, 2.05) is 110 Å². The predicted octanol–water partition coefficient (Wildman–Crippen LogP) is 7.29. The van der Waals surface area contributed by atoms with E-state index in [0.29, 0.717) is 27.6 Å². The molecule has 0 spiro atoms. The van der Waals surface area contributed by atoms with Gasteiger partial charge in [-0.2, -0.15) is 0 Å². The fourth-order valence-corrected chi connectivity index (χ4v) is 4.95. The summed E-state index contributed by atoms with van der Waals surface area (Å²) in [6.07, 6.45) is 4.78. The van der Waals surface area contributed by atoms with E-state index in [-0.39, 0.29) is 5.78 Å². The molecule has 5 aromatic rings. The van der Waals surface area contributed by atoms with E-state index >= 15 is 0 Å². The minimum absolute atomic E-state index is 0.232. The summed E-state index contributed by atoms with van der Waals surface area (Å²) >= 11 is 6.63. The van der Waals surface area contributed by atoms with E-state index in [4.69, 9.17) is 16.3 Å². The molecule has 5 nitrogen and oxygen atoms in total. The van der Waals surface area contributed by atoms with Gasteiger partial charge in [0.1, 0.15) is 12.1 Å². The van der Waals surface area contributed by atoms with Crippen molar-refractivity contribution in [3.8, 4) is 5.75 Å². The van der Waals surface area contributed by atoms with Gasteiger partial charge in [0.05, 0.1) is 11.3 Å². The molecule has 0 aliphatic heterocycles. The summed E-state index contributed by atoms with van der Waals surface area (Å²) in [6.45, 7) is 0. The van der Waals surface area contributed by atoms with E-state index in [2.05, 4.69) is 9.97 Å². The van der Waals surface area contributed by atoms with Gasteiger partial charge in [0, 0.05) is 53.8 Å². The number of nitrogens with zero attached hydrogens (tertiary/aromatic N) is 3. The summed E-state index contributed by atoms with van der Waals surface area (Å²) in [4.78, 5) is 24.0. The van der Waals surface area contributed by atoms with Crippen LogP contribution in [0.25, 0.3) is 5.57 Å². The van der Waals surface area contributed by atoms with Gasteiger partial charge >= 0.3 is 0 Å². The third-order valence-corrected chi connectivity index (χ3v) is 6.65. The molecule has 0 aliphatic rings. The van der Waals surface area contributed by atoms with Crippen molar-refractivity contribution in [1.82, 2.24) is 14.9 Å². The Morgan fingerprint density at radius 3 is 1.82 bits per heavy atom. The van der Waals surface area contributed by atoms with Crippen molar-refractivity contribution in [3.63, 3.8) is 0 Å². The number of rotatable bonds is 9. The number of halogens is 1. The fourth-order valence-electron chi connectivity index (χ4n) is 4.73. The highest BCUT2D eigenvalue weighted by Gasteiger charge is 2.39. The highest BCUT2D eigenvalue weighted by atomic mass is 35.5. The van der Waals surface area contributed by atoms with Crippen molar-refractivity contribution in [1.29, 1.82) is 0 Å². The number of hydrogen-bond acceptors (Lipinski definition) is 5. The molecule has 1 aromatic heterocycles. The molecule has 0 saturated carbocycles. The molecule has 0 unspecified atom stereocenters. The lowest BCUT2D eigenvalue weighted by Crippen LogP contribution is -2.36. The summed E-state index contributed by atoms with van der Waals surface area (Å²) in [7, 11) is 3.71. The molecule has 5 rings (SSSR count). The van der Waals surface area contributed by atoms with E-state index in [1.165, 1.54) is 6.33 Å². The molecular formula is C34H28ClN3O2. The summed E-state index contributed by atoms with van der Waals surface area (Å²) in [5.41, 5.74) is 3.13. The van der Waals surface area contributed by atoms with Crippen LogP contribution in [0.5, 0.6) is 5.75 Å². The van der Waals surface area contributed by atoms with Gasteiger partial charge in [0.25, 0.3) is 0 Å². The first-order valence-electron chi connectivity index (χ1n) is 12.8. The first kappa shape index (κ1) is 26.9. The van der Waals surface area contributed by atoms with Crippen LogP contribution in [0, 0.1) is 0 Å². The summed E-state index contributed by atoms with van der Waals surface area (Å²) in [5, 5.41) is 0.385. The number of benzene rings is 4. The Morgan fingerprint density at radius 1 is 0.800 bits per heavy atom. The molecular weight excluding hydrogens is 518 g/mol. The van der Waals surface area contributed by atoms with Gasteiger partial charge in [-0.3, -0.25) is 4.79 Å². The number of carbonyl (C=O) groups is 1. The Kier molecular flexibility index (Phi) is 8.04. The molecule has 198 valence electrons. The van der Waals surface area contributed by atoms with Crippen molar-refractivity contribution in [2.45, 2.75) is 5.60 Å². The van der Waals surface area contributed by atoms with Crippen LogP contribution in [0.15, 0.2) is 134 Å². The van der Waals surface area contributed by atoms with E-state index in [9.17, 15) is 4.79 Å². The van der Waals surface area contributed by atoms with Crippen molar-refractivity contribution >= 4 is 23.0 Å². The highest BCUT2D eigenvalue weighted by Crippen LogP contribution is 2.42. The number of ether oxygens (including phenoxy) is 1. The van der Waals surface area contributed by atoms with Gasteiger partial charge in [-0.05, 0) is 24.3 Å². The number of hydrogen-bond donors (Lipinski definition) is 0. The number of aromatic nitrogens is 2. The summed E-state index contributed by atoms with van der Waals surface area (Å²) in [5.74, 6) is 0.226. The minimum Gasteiger partial charge on any atom is -0.473 e. The molecule has 0 bridgehead atoms. The average molecular weight is 546 g/mol. The van der Waals surface area contributed by atoms with Crippen molar-refractivity contribution in [2.75, 3.05) is 14.1 Å². The van der Waals surface area contributed by atoms with Gasteiger partial charge in [-0.15, -0.1) is 0 Å². The maximum atomic E-state index is 13.9. The molecule has 0 amide bonds. The third kappa shape index (κ3) is 5.65. The maximum Gasteiger partial charge on any atom is 0.196 e. The van der Waals surface area contributed by atoms with Crippen LogP contribution in [-0.4, -0.2) is 34.7 Å². The van der Waals surface area contributed by atoms with Crippen LogP contribution in [-0.2, 0) is 5.60 Å². The van der Waals surface area contributed by atoms with Crippen molar-refractivity contribution in [2.24, 2.45) is 0 Å². The van der Waals surface area contributed by atoms with Crippen molar-refractivity contribution < 1.29 is 9.53 Å². The zero-order chi connectivity index (χ0) is 28.0. The molecule has 4 aromatic carbocycles. The second kappa shape index (κ2) is 12.0. The van der Waals surface area contributed by atoms with Gasteiger partial charge in [-0.1, -0.05) is 103 Å². The van der Waals surface area contributed by atoms with Gasteiger partial charge < -0.3 is 9.64 Å². The van der Waals surface area contributed by atoms with Crippen LogP contribution in [0.2, 0.25) is 5.02 Å². The molecule has 0 atom stereocenters. The Morgan fingerprint density at radius 2 is 1.35 bits per heavy atom. The zero-order valence-corrected chi connectivity index (χ0v) is 23.0. The predicted molar refractivity (Wildman–Crippen MR) is 159 cm³/mol. The second-order valence-electron chi connectivity index (χ2n) is 9.49. The standard InChI is InChI=1S/C34H28ClN3O2/c1-38(2)23-31(32-18-19-36-24-37-32)33(39)25-20-29(35)22-30(21-25)40-34(26-12-6-3-7-13-26,27-14-8-4-9-15-27)28-16-10-5-11-17-28/h3-24H,1-2H3. The second-order valence-corrected chi connectivity index (χ2v) is 9.92. The molecule has 0 radical (unpaired) electrons. The van der Waals surface area contributed by atoms with Gasteiger partial charge in [-0.25, -0.2) is 9.97 Å². The quantitative estimate of drug-likeness (QED) is 0.111. The molecule has 0 N–H and O–H groups in total. The van der Waals surface area contributed by atoms with Crippen molar-refractivity contribution in [3.05, 3.63) is 167 Å². The largest absolute Gasteiger partial charge is 0.473 e. The number of ketones is 1. The van der Waals surface area contributed by atoms with Crippen LogP contribution < -0.4 is 4.74 Å². The summed E-state index contributed by atoms with van der Waals surface area (Å²) < 4.78 is 7.01. The maximum absolute atomic E-state index is 13.9. The Bertz CT molecular complexity index is 1510. The van der Waals surface area contributed by atoms with Crippen LogP contribution in [0.1, 0.15) is 32.7 Å². The molecule has 6 heteroatoms. The smallest absolute Gasteiger partial charge is 0.196 e. The Balaban J connectivity index is 1.67. The topological polar surface area (TPSA) is 55.3 Å². The normalized spacial score (nSPS) is 11.6. The lowest BCUT2D eigenvalue weighted by Gasteiger charge is -2.36. The minimum atomic E-state index is -1.01. The van der Waals surface area contributed by atoms with Gasteiger partial charge in [0.2, 0.25) is 0 Å². The van der Waals surface area contributed by atoms with E-state index in [1.54, 1.807) is 36.7 Å². The lowest BCUT2D eigenvalue weighted by atomic mass is 9.80. The van der Waals surface area contributed by atoms with Crippen LogP contribution in [0.4, 0.5) is 0 Å². The highest BCUT2D eigenvalue weighted by molar-refractivity contribution is 6.33. The fraction of sp³-hybridized carbons (Fsp3) is 0.0882. The number of carbonyl (C=O) groups excluding carboxylic acids is 1. The zero-order valence-electron chi connectivity index (χ0n) is 22.2. The summed E-state index contributed by atoms with van der Waals surface area (Å²) in [6, 6.07) is 37.0. The average Bonchev–Trinajstić information content (AvgIpc) is 3.00. The lowest BCUT2D eigenvalue weighted by molar-refractivity contribution is 0.105. The van der Waals surface area contributed by atoms with E-state index in [0.717, 1.165) is 16.7 Å². The molecule has 0 fully saturated rings. The number of Topliss-reactive ketones (excluding diaryl/α,β-unsaturated/α-hetero) is 1.